The Labute approximate surface area is 182 Å². The molecule has 0 radical (unpaired) electrons. The Morgan fingerprint density at radius 1 is 1.00 bits per heavy atom. The molecule has 0 aliphatic carbocycles. The number of para-hydroxylation sites is 2. The van der Waals surface area contributed by atoms with E-state index in [0.29, 0.717) is 15.8 Å². The number of hydrogen-bond donors (Lipinski definition) is 1. The van der Waals surface area contributed by atoms with Gasteiger partial charge < -0.3 is 10.1 Å². The van der Waals surface area contributed by atoms with E-state index in [9.17, 15) is 14.9 Å². The summed E-state index contributed by atoms with van der Waals surface area (Å²) in [6.45, 7) is 0.248. The molecule has 1 heterocycles. The lowest BCUT2D eigenvalue weighted by Gasteiger charge is -2.09. The van der Waals surface area contributed by atoms with Crippen LogP contribution in [-0.4, -0.2) is 16.0 Å². The lowest BCUT2D eigenvalue weighted by molar-refractivity contribution is -0.384. The van der Waals surface area contributed by atoms with Crippen molar-refractivity contribution in [2.24, 2.45) is 4.99 Å². The molecule has 1 aliphatic rings. The highest BCUT2D eigenvalue weighted by molar-refractivity contribution is 8.18. The van der Waals surface area contributed by atoms with Crippen LogP contribution >= 0.6 is 11.8 Å². The number of nitro groups is 1. The number of benzene rings is 3. The molecule has 0 unspecified atom stereocenters. The fraction of sp³-hybridized carbons (Fsp3) is 0.0435. The van der Waals surface area contributed by atoms with Gasteiger partial charge in [0.2, 0.25) is 0 Å². The van der Waals surface area contributed by atoms with E-state index in [-0.39, 0.29) is 18.2 Å². The standard InChI is InChI=1S/C23H17N3O4S/c27-22-21(31-23(25-22)24-18-7-2-1-3-8-18)14-17-6-4-5-9-20(17)30-15-16-10-12-19(13-11-16)26(28)29/h1-14H,15H2,(H,24,25,27)/b21-14-. The van der Waals surface area contributed by atoms with Gasteiger partial charge in [0.05, 0.1) is 15.5 Å². The number of nitrogens with one attached hydrogen (secondary N) is 1. The number of thioether (sulfide) groups is 1. The van der Waals surface area contributed by atoms with Crippen LogP contribution in [0.3, 0.4) is 0 Å². The van der Waals surface area contributed by atoms with Gasteiger partial charge in [-0.2, -0.15) is 0 Å². The number of ether oxygens (including phenoxy) is 1. The van der Waals surface area contributed by atoms with E-state index in [4.69, 9.17) is 4.74 Å². The zero-order valence-electron chi connectivity index (χ0n) is 16.2. The number of hydrogen-bond acceptors (Lipinski definition) is 6. The van der Waals surface area contributed by atoms with Gasteiger partial charge >= 0.3 is 0 Å². The number of non-ortho nitro benzene ring substituents is 1. The van der Waals surface area contributed by atoms with Crippen LogP contribution in [0.4, 0.5) is 11.4 Å². The summed E-state index contributed by atoms with van der Waals surface area (Å²) in [4.78, 5) is 27.7. The molecule has 0 saturated carbocycles. The highest BCUT2D eigenvalue weighted by Crippen LogP contribution is 2.31. The number of nitro benzene ring substituents is 1. The number of carbonyl (C=O) groups is 1. The van der Waals surface area contributed by atoms with E-state index in [1.807, 2.05) is 54.6 Å². The van der Waals surface area contributed by atoms with Gasteiger partial charge in [0.25, 0.3) is 11.6 Å². The Bertz CT molecular complexity index is 1170. The molecule has 1 N–H and O–H groups in total. The van der Waals surface area contributed by atoms with Gasteiger partial charge in [0.1, 0.15) is 12.4 Å². The van der Waals surface area contributed by atoms with Gasteiger partial charge in [-0.15, -0.1) is 0 Å². The first-order chi connectivity index (χ1) is 15.1. The molecule has 3 aromatic rings. The van der Waals surface area contributed by atoms with Crippen LogP contribution in [0.25, 0.3) is 6.08 Å². The van der Waals surface area contributed by atoms with Crippen molar-refractivity contribution >= 4 is 40.3 Å². The minimum atomic E-state index is -0.439. The van der Waals surface area contributed by atoms with Crippen molar-refractivity contribution < 1.29 is 14.5 Å². The van der Waals surface area contributed by atoms with Crippen LogP contribution in [0.1, 0.15) is 11.1 Å². The number of aliphatic imine (C=N–C) groups is 1. The summed E-state index contributed by atoms with van der Waals surface area (Å²) >= 11 is 1.27. The van der Waals surface area contributed by atoms with Crippen molar-refractivity contribution in [3.8, 4) is 5.75 Å². The monoisotopic (exact) mass is 431 g/mol. The van der Waals surface area contributed by atoms with E-state index in [2.05, 4.69) is 10.3 Å². The minimum absolute atomic E-state index is 0.0334. The topological polar surface area (TPSA) is 93.8 Å². The Kier molecular flexibility index (Phi) is 6.09. The summed E-state index contributed by atoms with van der Waals surface area (Å²) in [5, 5.41) is 14.1. The van der Waals surface area contributed by atoms with Gasteiger partial charge in [-0.25, -0.2) is 4.99 Å². The van der Waals surface area contributed by atoms with E-state index in [1.165, 1.54) is 23.9 Å². The number of rotatable bonds is 6. The normalized spacial score (nSPS) is 15.8. The molecule has 3 aromatic carbocycles. The molecule has 1 amide bonds. The Balaban J connectivity index is 1.49. The molecule has 4 rings (SSSR count). The molecular weight excluding hydrogens is 414 g/mol. The van der Waals surface area contributed by atoms with Gasteiger partial charge in [0, 0.05) is 17.7 Å². The molecule has 0 atom stereocenters. The highest BCUT2D eigenvalue weighted by atomic mass is 32.2. The van der Waals surface area contributed by atoms with E-state index in [0.717, 1.165) is 16.8 Å². The van der Waals surface area contributed by atoms with Crippen LogP contribution in [0, 0.1) is 10.1 Å². The maximum atomic E-state index is 12.4. The molecule has 0 spiro atoms. The predicted molar refractivity (Wildman–Crippen MR) is 121 cm³/mol. The zero-order valence-corrected chi connectivity index (χ0v) is 17.0. The Morgan fingerprint density at radius 2 is 1.71 bits per heavy atom. The second-order valence-corrected chi connectivity index (χ2v) is 7.60. The van der Waals surface area contributed by atoms with Crippen molar-refractivity contribution in [2.45, 2.75) is 6.61 Å². The molecule has 31 heavy (non-hydrogen) atoms. The minimum Gasteiger partial charge on any atom is -0.488 e. The van der Waals surface area contributed by atoms with Gasteiger partial charge in [0.15, 0.2) is 5.17 Å². The average molecular weight is 431 g/mol. The summed E-state index contributed by atoms with van der Waals surface area (Å²) < 4.78 is 5.91. The molecule has 154 valence electrons. The molecule has 1 aliphatic heterocycles. The molecular formula is C23H17N3O4S. The first-order valence-corrected chi connectivity index (χ1v) is 10.2. The third-order valence-corrected chi connectivity index (χ3v) is 5.29. The van der Waals surface area contributed by atoms with Crippen LogP contribution in [0.2, 0.25) is 0 Å². The number of carbonyl (C=O) groups excluding carboxylic acids is 1. The average Bonchev–Trinajstić information content (AvgIpc) is 3.12. The van der Waals surface area contributed by atoms with E-state index >= 15 is 0 Å². The number of amides is 1. The molecule has 1 saturated heterocycles. The lowest BCUT2D eigenvalue weighted by atomic mass is 10.1. The fourth-order valence-electron chi connectivity index (χ4n) is 2.85. The number of nitrogens with zero attached hydrogens (tertiary/aromatic N) is 2. The maximum Gasteiger partial charge on any atom is 0.269 e. The third-order valence-electron chi connectivity index (χ3n) is 4.38. The quantitative estimate of drug-likeness (QED) is 0.334. The SMILES string of the molecule is O=C1NC(=Nc2ccccc2)S/C1=C\c1ccccc1OCc1ccc([N+](=O)[O-])cc1. The smallest absolute Gasteiger partial charge is 0.269 e. The predicted octanol–water partition coefficient (Wildman–Crippen LogP) is 5.07. The van der Waals surface area contributed by atoms with E-state index in [1.54, 1.807) is 18.2 Å². The van der Waals surface area contributed by atoms with Crippen LogP contribution in [0.5, 0.6) is 5.75 Å². The van der Waals surface area contributed by atoms with Crippen molar-refractivity contribution in [1.82, 2.24) is 5.32 Å². The summed E-state index contributed by atoms with van der Waals surface area (Å²) in [5.41, 5.74) is 2.35. The van der Waals surface area contributed by atoms with Crippen molar-refractivity contribution in [1.29, 1.82) is 0 Å². The lowest BCUT2D eigenvalue weighted by Crippen LogP contribution is -2.19. The first-order valence-electron chi connectivity index (χ1n) is 9.38. The van der Waals surface area contributed by atoms with Crippen molar-refractivity contribution in [3.05, 3.63) is 105 Å². The molecule has 0 aromatic heterocycles. The van der Waals surface area contributed by atoms with Gasteiger partial charge in [-0.1, -0.05) is 36.4 Å². The molecule has 1 fully saturated rings. The van der Waals surface area contributed by atoms with Gasteiger partial charge in [-0.3, -0.25) is 14.9 Å². The summed E-state index contributed by atoms with van der Waals surface area (Å²) in [7, 11) is 0. The second-order valence-electron chi connectivity index (χ2n) is 6.57. The van der Waals surface area contributed by atoms with Gasteiger partial charge in [-0.05, 0) is 53.7 Å². The largest absolute Gasteiger partial charge is 0.488 e. The molecule has 7 nitrogen and oxygen atoms in total. The van der Waals surface area contributed by atoms with Crippen molar-refractivity contribution in [2.75, 3.05) is 0 Å². The second kappa shape index (κ2) is 9.27. The van der Waals surface area contributed by atoms with Crippen LogP contribution in [-0.2, 0) is 11.4 Å². The third kappa shape index (κ3) is 5.18. The maximum absolute atomic E-state index is 12.4. The summed E-state index contributed by atoms with van der Waals surface area (Å²) in [6.07, 6.45) is 1.76. The summed E-state index contributed by atoms with van der Waals surface area (Å²) in [6, 6.07) is 23.0. The van der Waals surface area contributed by atoms with Crippen molar-refractivity contribution in [3.63, 3.8) is 0 Å². The summed E-state index contributed by atoms with van der Waals surface area (Å²) in [5.74, 6) is 0.389. The number of amidine groups is 1. The molecule has 0 bridgehead atoms. The Morgan fingerprint density at radius 3 is 2.45 bits per heavy atom. The fourth-order valence-corrected chi connectivity index (χ4v) is 3.68. The molecule has 8 heteroatoms. The highest BCUT2D eigenvalue weighted by Gasteiger charge is 2.24. The first kappa shape index (κ1) is 20.4. The Hall–Kier alpha value is -3.91. The van der Waals surface area contributed by atoms with Crippen LogP contribution < -0.4 is 10.1 Å². The zero-order chi connectivity index (χ0) is 21.6. The van der Waals surface area contributed by atoms with E-state index < -0.39 is 4.92 Å². The van der Waals surface area contributed by atoms with Crippen LogP contribution in [0.15, 0.2) is 88.8 Å².